The van der Waals surface area contributed by atoms with Gasteiger partial charge in [-0.15, -0.1) is 0 Å². The van der Waals surface area contributed by atoms with Gasteiger partial charge >= 0.3 is 0 Å². The van der Waals surface area contributed by atoms with Crippen molar-refractivity contribution < 1.29 is 17.5 Å². The molecule has 2 aromatic carbocycles. The third kappa shape index (κ3) is 4.21. The average Bonchev–Trinajstić information content (AvgIpc) is 2.47. The van der Waals surface area contributed by atoms with E-state index in [4.69, 9.17) is 4.74 Å². The Hall–Kier alpha value is -2.08. The van der Waals surface area contributed by atoms with Gasteiger partial charge in [0.05, 0.1) is 17.1 Å². The molecule has 0 amide bonds. The van der Waals surface area contributed by atoms with E-state index in [9.17, 15) is 12.8 Å². The van der Waals surface area contributed by atoms with Gasteiger partial charge in [-0.25, -0.2) is 12.8 Å². The molecular formula is C16H18FNO3S. The predicted octanol–water partition coefficient (Wildman–Crippen LogP) is 3.11. The highest BCUT2D eigenvalue weighted by Gasteiger charge is 2.14. The molecule has 0 saturated carbocycles. The number of ether oxygens (including phenoxy) is 1. The van der Waals surface area contributed by atoms with Crippen LogP contribution < -0.4 is 10.1 Å². The second-order valence-electron chi connectivity index (χ2n) is 5.01. The molecule has 1 atom stereocenters. The van der Waals surface area contributed by atoms with Crippen molar-refractivity contribution in [2.24, 2.45) is 0 Å². The van der Waals surface area contributed by atoms with E-state index in [-0.39, 0.29) is 16.7 Å². The Morgan fingerprint density at radius 3 is 2.45 bits per heavy atom. The van der Waals surface area contributed by atoms with Gasteiger partial charge in [0.1, 0.15) is 6.10 Å². The first-order chi connectivity index (χ1) is 10.4. The highest BCUT2D eigenvalue weighted by molar-refractivity contribution is 7.90. The van der Waals surface area contributed by atoms with Crippen molar-refractivity contribution in [2.75, 3.05) is 18.1 Å². The van der Waals surface area contributed by atoms with E-state index in [0.29, 0.717) is 12.2 Å². The molecule has 0 aliphatic heterocycles. The Morgan fingerprint density at radius 2 is 1.77 bits per heavy atom. The van der Waals surface area contributed by atoms with Gasteiger partial charge in [0.25, 0.3) is 0 Å². The van der Waals surface area contributed by atoms with Crippen molar-refractivity contribution in [3.8, 4) is 5.75 Å². The standard InChI is InChI=1S/C16H18FNO3S/c1-12(21-15-9-5-3-7-13(15)17)11-18-14-8-4-6-10-16(14)22(2,19)20/h3-10,12,18H,11H2,1-2H3/t12-/m0/s1. The molecule has 4 nitrogen and oxygen atoms in total. The van der Waals surface area contributed by atoms with Crippen LogP contribution in [-0.2, 0) is 9.84 Å². The minimum atomic E-state index is -3.31. The molecule has 0 heterocycles. The van der Waals surface area contributed by atoms with Gasteiger partial charge in [0, 0.05) is 6.26 Å². The number of sulfone groups is 1. The molecule has 2 aromatic rings. The first-order valence-electron chi connectivity index (χ1n) is 6.82. The van der Waals surface area contributed by atoms with Crippen LogP contribution in [0.1, 0.15) is 6.92 Å². The summed E-state index contributed by atoms with van der Waals surface area (Å²) in [5.41, 5.74) is 0.508. The van der Waals surface area contributed by atoms with Gasteiger partial charge in [-0.3, -0.25) is 0 Å². The third-order valence-electron chi connectivity index (χ3n) is 3.03. The van der Waals surface area contributed by atoms with Crippen molar-refractivity contribution in [3.63, 3.8) is 0 Å². The highest BCUT2D eigenvalue weighted by Crippen LogP contribution is 2.21. The van der Waals surface area contributed by atoms with Gasteiger partial charge in [-0.2, -0.15) is 0 Å². The second kappa shape index (κ2) is 6.79. The summed E-state index contributed by atoms with van der Waals surface area (Å²) in [6.45, 7) is 2.13. The van der Waals surface area contributed by atoms with E-state index in [0.717, 1.165) is 6.26 Å². The molecule has 2 rings (SSSR count). The number of rotatable bonds is 6. The van der Waals surface area contributed by atoms with Crippen LogP contribution in [0.25, 0.3) is 0 Å². The lowest BCUT2D eigenvalue weighted by atomic mass is 10.3. The maximum Gasteiger partial charge on any atom is 0.177 e. The average molecular weight is 323 g/mol. The molecule has 0 aromatic heterocycles. The van der Waals surface area contributed by atoms with Crippen LogP contribution in [0.3, 0.4) is 0 Å². The molecule has 0 radical (unpaired) electrons. The monoisotopic (exact) mass is 323 g/mol. The van der Waals surface area contributed by atoms with Crippen molar-refractivity contribution in [1.29, 1.82) is 0 Å². The van der Waals surface area contributed by atoms with Crippen molar-refractivity contribution in [3.05, 3.63) is 54.3 Å². The molecule has 0 bridgehead atoms. The van der Waals surface area contributed by atoms with Gasteiger partial charge < -0.3 is 10.1 Å². The van der Waals surface area contributed by atoms with E-state index >= 15 is 0 Å². The summed E-state index contributed by atoms with van der Waals surface area (Å²) >= 11 is 0. The summed E-state index contributed by atoms with van der Waals surface area (Å²) in [5, 5.41) is 3.03. The summed E-state index contributed by atoms with van der Waals surface area (Å²) in [7, 11) is -3.31. The van der Waals surface area contributed by atoms with Crippen molar-refractivity contribution in [1.82, 2.24) is 0 Å². The van der Waals surface area contributed by atoms with Crippen LogP contribution in [0.5, 0.6) is 5.75 Å². The highest BCUT2D eigenvalue weighted by atomic mass is 32.2. The zero-order valence-corrected chi connectivity index (χ0v) is 13.2. The Balaban J connectivity index is 2.03. The molecule has 22 heavy (non-hydrogen) atoms. The van der Waals surface area contributed by atoms with Gasteiger partial charge in [-0.05, 0) is 31.2 Å². The molecule has 0 spiro atoms. The van der Waals surface area contributed by atoms with Crippen LogP contribution in [-0.4, -0.2) is 27.3 Å². The fourth-order valence-electron chi connectivity index (χ4n) is 1.99. The first kappa shape index (κ1) is 16.3. The predicted molar refractivity (Wildman–Crippen MR) is 84.5 cm³/mol. The van der Waals surface area contributed by atoms with Crippen molar-refractivity contribution in [2.45, 2.75) is 17.9 Å². The summed E-state index contributed by atoms with van der Waals surface area (Å²) in [6, 6.07) is 12.8. The Labute approximate surface area is 129 Å². The Bertz CT molecular complexity index is 747. The van der Waals surface area contributed by atoms with Crippen molar-refractivity contribution >= 4 is 15.5 Å². The molecule has 0 aliphatic carbocycles. The lowest BCUT2D eigenvalue weighted by molar-refractivity contribution is 0.224. The fraction of sp³-hybridized carbons (Fsp3) is 0.250. The normalized spacial score (nSPS) is 12.7. The topological polar surface area (TPSA) is 55.4 Å². The maximum absolute atomic E-state index is 13.5. The van der Waals surface area contributed by atoms with Crippen LogP contribution in [0.4, 0.5) is 10.1 Å². The summed E-state index contributed by atoms with van der Waals surface area (Å²) in [5.74, 6) is -0.251. The van der Waals surface area contributed by atoms with E-state index in [2.05, 4.69) is 5.32 Å². The molecule has 0 saturated heterocycles. The Kier molecular flexibility index (Phi) is 5.03. The summed E-state index contributed by atoms with van der Waals surface area (Å²) in [4.78, 5) is 0.230. The van der Waals surface area contributed by atoms with Gasteiger partial charge in [-0.1, -0.05) is 24.3 Å². The van der Waals surface area contributed by atoms with E-state index < -0.39 is 15.7 Å². The lowest BCUT2D eigenvalue weighted by Gasteiger charge is -2.17. The zero-order valence-electron chi connectivity index (χ0n) is 12.4. The molecule has 6 heteroatoms. The number of nitrogens with one attached hydrogen (secondary N) is 1. The molecular weight excluding hydrogens is 305 g/mol. The summed E-state index contributed by atoms with van der Waals surface area (Å²) in [6.07, 6.45) is 0.830. The van der Waals surface area contributed by atoms with E-state index in [1.807, 2.05) is 0 Å². The molecule has 0 unspecified atom stereocenters. The number of halogens is 1. The van der Waals surface area contributed by atoms with E-state index in [1.165, 1.54) is 6.07 Å². The minimum Gasteiger partial charge on any atom is -0.486 e. The van der Waals surface area contributed by atoms with Crippen LogP contribution in [0.15, 0.2) is 53.4 Å². The SMILES string of the molecule is C[C@@H](CNc1ccccc1S(C)(=O)=O)Oc1ccccc1F. The lowest BCUT2D eigenvalue weighted by Crippen LogP contribution is -2.23. The van der Waals surface area contributed by atoms with Crippen LogP contribution in [0, 0.1) is 5.82 Å². The number of para-hydroxylation sites is 2. The van der Waals surface area contributed by atoms with Crippen LogP contribution >= 0.6 is 0 Å². The minimum absolute atomic E-state index is 0.174. The van der Waals surface area contributed by atoms with Crippen LogP contribution in [0.2, 0.25) is 0 Å². The molecule has 1 N–H and O–H groups in total. The Morgan fingerprint density at radius 1 is 1.14 bits per heavy atom. The second-order valence-corrected chi connectivity index (χ2v) is 6.99. The smallest absolute Gasteiger partial charge is 0.177 e. The molecule has 118 valence electrons. The summed E-state index contributed by atoms with van der Waals surface area (Å²) < 4.78 is 42.4. The van der Waals surface area contributed by atoms with Gasteiger partial charge in [0.2, 0.25) is 0 Å². The van der Waals surface area contributed by atoms with E-state index in [1.54, 1.807) is 49.4 Å². The number of hydrogen-bond donors (Lipinski definition) is 1. The first-order valence-corrected chi connectivity index (χ1v) is 8.71. The quantitative estimate of drug-likeness (QED) is 0.887. The molecule has 0 aliphatic rings. The number of hydrogen-bond acceptors (Lipinski definition) is 4. The maximum atomic E-state index is 13.5. The zero-order chi connectivity index (χ0) is 16.2. The van der Waals surface area contributed by atoms with Gasteiger partial charge in [0.15, 0.2) is 21.4 Å². The molecule has 0 fully saturated rings. The largest absolute Gasteiger partial charge is 0.486 e. The number of anilines is 1. The third-order valence-corrected chi connectivity index (χ3v) is 4.19. The fourth-order valence-corrected chi connectivity index (χ4v) is 2.85. The number of benzene rings is 2.